The van der Waals surface area contributed by atoms with Gasteiger partial charge in [-0.2, -0.15) is 0 Å². The van der Waals surface area contributed by atoms with Crippen molar-refractivity contribution < 1.29 is 27.1 Å². The van der Waals surface area contributed by atoms with Gasteiger partial charge < -0.3 is 15.4 Å². The van der Waals surface area contributed by atoms with Gasteiger partial charge in [-0.1, -0.05) is 38.1 Å². The fourth-order valence-corrected chi connectivity index (χ4v) is 5.19. The lowest BCUT2D eigenvalue weighted by Crippen LogP contribution is -2.38. The molecule has 44 heavy (non-hydrogen) atoms. The van der Waals surface area contributed by atoms with Crippen molar-refractivity contribution in [2.24, 2.45) is 0 Å². The number of halogens is 4. The Kier molecular flexibility index (Phi) is 11.6. The van der Waals surface area contributed by atoms with Crippen molar-refractivity contribution >= 4 is 18.0 Å². The second-order valence-electron chi connectivity index (χ2n) is 10.2. The highest BCUT2D eigenvalue weighted by molar-refractivity contribution is 7.97. The minimum absolute atomic E-state index is 0.209. The molecule has 0 spiro atoms. The summed E-state index contributed by atoms with van der Waals surface area (Å²) in [4.78, 5) is 17.3. The molecule has 13 heteroatoms. The lowest BCUT2D eigenvalue weighted by atomic mass is 10.0. The molecule has 0 aliphatic heterocycles. The summed E-state index contributed by atoms with van der Waals surface area (Å²) in [6.07, 6.45) is -0.676. The maximum atomic E-state index is 13.5. The molecule has 234 valence electrons. The van der Waals surface area contributed by atoms with Crippen LogP contribution in [0.15, 0.2) is 78.0 Å². The molecule has 0 radical (unpaired) electrons. The molecule has 0 saturated carbocycles. The topological polar surface area (TPSA) is 93.1 Å². The van der Waals surface area contributed by atoms with Crippen LogP contribution >= 0.6 is 11.9 Å². The van der Waals surface area contributed by atoms with Crippen LogP contribution in [0, 0.1) is 5.82 Å². The quantitative estimate of drug-likeness (QED) is 0.0789. The SMILES string of the molecule is CC(C)c1cc(F)ccc1SNCCNC(=O)NCCCCc1ccc(-c2ncn(-c3ccc(OC(F)(F)F)cc3)n2)cc1. The lowest BCUT2D eigenvalue weighted by Gasteiger charge is -2.13. The van der Waals surface area contributed by atoms with E-state index in [4.69, 9.17) is 0 Å². The number of aromatic nitrogens is 3. The van der Waals surface area contributed by atoms with Crippen LogP contribution in [-0.2, 0) is 6.42 Å². The van der Waals surface area contributed by atoms with E-state index in [1.54, 1.807) is 12.1 Å². The van der Waals surface area contributed by atoms with Crippen molar-refractivity contribution in [3.63, 3.8) is 0 Å². The number of nitrogens with one attached hydrogen (secondary N) is 3. The van der Waals surface area contributed by atoms with Crippen molar-refractivity contribution in [2.45, 2.75) is 50.3 Å². The van der Waals surface area contributed by atoms with Crippen LogP contribution in [0.1, 0.15) is 43.7 Å². The number of nitrogens with zero attached hydrogens (tertiary/aromatic N) is 3. The standard InChI is InChI=1S/C31H34F4N6O2S/c1-21(2)27-19-24(32)10-15-28(27)44-39-18-17-37-30(42)36-16-4-3-5-22-6-8-23(9-7-22)29-38-20-41(40-29)25-11-13-26(14-12-25)43-31(33,34)35/h6-15,19-21,39H,3-5,16-18H2,1-2H3,(H2,36,37,42). The molecule has 0 aliphatic carbocycles. The van der Waals surface area contributed by atoms with E-state index in [0.29, 0.717) is 31.1 Å². The summed E-state index contributed by atoms with van der Waals surface area (Å²) < 4.78 is 59.2. The number of ether oxygens (including phenoxy) is 1. The highest BCUT2D eigenvalue weighted by Gasteiger charge is 2.31. The summed E-state index contributed by atoms with van der Waals surface area (Å²) in [5.41, 5.74) is 3.45. The molecule has 1 heterocycles. The van der Waals surface area contributed by atoms with E-state index in [9.17, 15) is 22.4 Å². The Morgan fingerprint density at radius 3 is 2.39 bits per heavy atom. The zero-order valence-electron chi connectivity index (χ0n) is 24.3. The Morgan fingerprint density at radius 2 is 1.68 bits per heavy atom. The van der Waals surface area contributed by atoms with Gasteiger partial charge in [0.15, 0.2) is 5.82 Å². The molecule has 0 atom stereocenters. The van der Waals surface area contributed by atoms with Crippen molar-refractivity contribution in [1.82, 2.24) is 30.1 Å². The number of unbranched alkanes of at least 4 members (excludes halogenated alkanes) is 1. The van der Waals surface area contributed by atoms with Gasteiger partial charge in [0.2, 0.25) is 0 Å². The second-order valence-corrected chi connectivity index (χ2v) is 11.2. The van der Waals surface area contributed by atoms with Gasteiger partial charge in [0, 0.05) is 30.1 Å². The molecular formula is C31H34F4N6O2S. The van der Waals surface area contributed by atoms with Gasteiger partial charge in [0.25, 0.3) is 0 Å². The van der Waals surface area contributed by atoms with E-state index in [2.05, 4.69) is 30.2 Å². The van der Waals surface area contributed by atoms with Crippen LogP contribution in [0.5, 0.6) is 5.75 Å². The Balaban J connectivity index is 1.11. The molecule has 0 fully saturated rings. The molecule has 4 rings (SSSR count). The zero-order chi connectivity index (χ0) is 31.5. The molecule has 3 aromatic carbocycles. The normalized spacial score (nSPS) is 11.5. The first kappa shape index (κ1) is 32.8. The number of carbonyl (C=O) groups excluding carboxylic acids is 1. The van der Waals surface area contributed by atoms with E-state index in [1.165, 1.54) is 53.3 Å². The molecule has 1 aromatic heterocycles. The number of rotatable bonds is 14. The molecule has 4 aromatic rings. The number of hydrogen-bond acceptors (Lipinski definition) is 6. The Labute approximate surface area is 257 Å². The first-order valence-corrected chi connectivity index (χ1v) is 15.0. The lowest BCUT2D eigenvalue weighted by molar-refractivity contribution is -0.274. The van der Waals surface area contributed by atoms with Crippen LogP contribution in [0.25, 0.3) is 17.1 Å². The number of urea groups is 1. The fourth-order valence-electron chi connectivity index (χ4n) is 4.28. The maximum absolute atomic E-state index is 13.5. The van der Waals surface area contributed by atoms with Crippen LogP contribution in [0.4, 0.5) is 22.4 Å². The van der Waals surface area contributed by atoms with Gasteiger partial charge >= 0.3 is 12.4 Å². The van der Waals surface area contributed by atoms with E-state index >= 15 is 0 Å². The first-order valence-electron chi connectivity index (χ1n) is 14.2. The molecule has 0 aliphatic rings. The van der Waals surface area contributed by atoms with Gasteiger partial charge in [-0.05, 0) is 90.7 Å². The summed E-state index contributed by atoms with van der Waals surface area (Å²) in [5.74, 6) is 0.150. The number of amides is 2. The van der Waals surface area contributed by atoms with Crippen LogP contribution in [-0.4, -0.2) is 46.8 Å². The molecule has 8 nitrogen and oxygen atoms in total. The largest absolute Gasteiger partial charge is 0.573 e. The van der Waals surface area contributed by atoms with Crippen LogP contribution < -0.4 is 20.1 Å². The van der Waals surface area contributed by atoms with E-state index in [0.717, 1.165) is 40.8 Å². The molecular weight excluding hydrogens is 596 g/mol. The number of hydrogen-bond donors (Lipinski definition) is 3. The fraction of sp³-hybridized carbons (Fsp3) is 0.323. The van der Waals surface area contributed by atoms with Crippen molar-refractivity contribution in [3.05, 3.63) is 90.0 Å². The van der Waals surface area contributed by atoms with Crippen LogP contribution in [0.3, 0.4) is 0 Å². The molecule has 2 amide bonds. The molecule has 0 saturated heterocycles. The average Bonchev–Trinajstić information content (AvgIpc) is 3.48. The minimum Gasteiger partial charge on any atom is -0.406 e. The first-order chi connectivity index (χ1) is 21.1. The summed E-state index contributed by atoms with van der Waals surface area (Å²) in [6.45, 7) is 5.62. The van der Waals surface area contributed by atoms with Crippen molar-refractivity contribution in [3.8, 4) is 22.8 Å². The van der Waals surface area contributed by atoms with Crippen molar-refractivity contribution in [2.75, 3.05) is 19.6 Å². The van der Waals surface area contributed by atoms with Gasteiger partial charge in [-0.3, -0.25) is 4.72 Å². The summed E-state index contributed by atoms with van der Waals surface area (Å²) in [7, 11) is 0. The van der Waals surface area contributed by atoms with E-state index in [1.807, 2.05) is 38.1 Å². The number of alkyl halides is 3. The smallest absolute Gasteiger partial charge is 0.406 e. The average molecular weight is 631 g/mol. The van der Waals surface area contributed by atoms with E-state index in [-0.39, 0.29) is 23.5 Å². The predicted molar refractivity (Wildman–Crippen MR) is 162 cm³/mol. The summed E-state index contributed by atoms with van der Waals surface area (Å²) in [5, 5.41) is 10.1. The van der Waals surface area contributed by atoms with Crippen molar-refractivity contribution in [1.29, 1.82) is 0 Å². The minimum atomic E-state index is -4.74. The highest BCUT2D eigenvalue weighted by Crippen LogP contribution is 2.27. The Morgan fingerprint density at radius 1 is 0.955 bits per heavy atom. The zero-order valence-corrected chi connectivity index (χ0v) is 25.1. The van der Waals surface area contributed by atoms with Gasteiger partial charge in [-0.15, -0.1) is 18.3 Å². The van der Waals surface area contributed by atoms with Gasteiger partial charge in [-0.25, -0.2) is 18.9 Å². The number of aryl methyl sites for hydroxylation is 1. The van der Waals surface area contributed by atoms with Gasteiger partial charge in [0.05, 0.1) is 5.69 Å². The third kappa shape index (κ3) is 10.3. The number of benzene rings is 3. The van der Waals surface area contributed by atoms with Crippen LogP contribution in [0.2, 0.25) is 0 Å². The maximum Gasteiger partial charge on any atom is 0.573 e. The van der Waals surface area contributed by atoms with Gasteiger partial charge in [0.1, 0.15) is 17.9 Å². The summed E-state index contributed by atoms with van der Waals surface area (Å²) >= 11 is 1.43. The highest BCUT2D eigenvalue weighted by atomic mass is 32.2. The molecule has 0 bridgehead atoms. The number of carbonyl (C=O) groups is 1. The second kappa shape index (κ2) is 15.6. The summed E-state index contributed by atoms with van der Waals surface area (Å²) in [6, 6.07) is 17.8. The third-order valence-corrected chi connectivity index (χ3v) is 7.45. The predicted octanol–water partition coefficient (Wildman–Crippen LogP) is 7.01. The third-order valence-electron chi connectivity index (χ3n) is 6.51. The molecule has 3 N–H and O–H groups in total. The van der Waals surface area contributed by atoms with E-state index < -0.39 is 6.36 Å². The Hall–Kier alpha value is -4.10. The Bertz CT molecular complexity index is 1490. The monoisotopic (exact) mass is 630 g/mol. The molecule has 0 unspecified atom stereocenters.